The van der Waals surface area contributed by atoms with Crippen molar-refractivity contribution in [1.29, 1.82) is 0 Å². The van der Waals surface area contributed by atoms with Gasteiger partial charge < -0.3 is 18.9 Å². The van der Waals surface area contributed by atoms with E-state index in [2.05, 4.69) is 51.9 Å². The van der Waals surface area contributed by atoms with Crippen molar-refractivity contribution in [2.75, 3.05) is 40.4 Å². The number of nitrogens with zero attached hydrogens (tertiary/aromatic N) is 4. The van der Waals surface area contributed by atoms with Gasteiger partial charge in [-0.05, 0) is 41.5 Å². The molecular formula is C30H32N4O3. The third kappa shape index (κ3) is 5.67. The zero-order valence-electron chi connectivity index (χ0n) is 21.3. The van der Waals surface area contributed by atoms with Crippen molar-refractivity contribution in [2.24, 2.45) is 0 Å². The summed E-state index contributed by atoms with van der Waals surface area (Å²) in [7, 11) is 3.21. The number of amides is 1. The van der Waals surface area contributed by atoms with Gasteiger partial charge >= 0.3 is 0 Å². The fraction of sp³-hybridized carbons (Fsp3) is 0.267. The number of rotatable bonds is 8. The van der Waals surface area contributed by atoms with E-state index < -0.39 is 0 Å². The van der Waals surface area contributed by atoms with Gasteiger partial charge in [-0.3, -0.25) is 9.69 Å². The SMILES string of the molecule is COc1ccc(/C=C\C(=O)N2CCN(Cc3nc4ccccc4n3Cc3ccccc3)CC2)cc1OC. The van der Waals surface area contributed by atoms with Crippen LogP contribution in [0.3, 0.4) is 0 Å². The molecule has 7 nitrogen and oxygen atoms in total. The molecule has 5 rings (SSSR count). The Balaban J connectivity index is 1.22. The fourth-order valence-electron chi connectivity index (χ4n) is 4.74. The van der Waals surface area contributed by atoms with Crippen LogP contribution in [0.15, 0.2) is 78.9 Å². The molecule has 1 aliphatic heterocycles. The molecule has 1 fully saturated rings. The number of hydrogen-bond acceptors (Lipinski definition) is 5. The second kappa shape index (κ2) is 11.3. The third-order valence-electron chi connectivity index (χ3n) is 6.79. The highest BCUT2D eigenvalue weighted by Crippen LogP contribution is 2.28. The number of benzene rings is 3. The summed E-state index contributed by atoms with van der Waals surface area (Å²) in [4.78, 5) is 22.1. The smallest absolute Gasteiger partial charge is 0.246 e. The first-order valence-corrected chi connectivity index (χ1v) is 12.5. The lowest BCUT2D eigenvalue weighted by Gasteiger charge is -2.34. The van der Waals surface area contributed by atoms with Crippen molar-refractivity contribution in [3.63, 3.8) is 0 Å². The largest absolute Gasteiger partial charge is 0.493 e. The minimum absolute atomic E-state index is 0.0192. The molecule has 1 aromatic heterocycles. The number of carbonyl (C=O) groups is 1. The number of carbonyl (C=O) groups excluding carboxylic acids is 1. The van der Waals surface area contributed by atoms with Crippen molar-refractivity contribution in [1.82, 2.24) is 19.4 Å². The van der Waals surface area contributed by atoms with E-state index >= 15 is 0 Å². The third-order valence-corrected chi connectivity index (χ3v) is 6.79. The quantitative estimate of drug-likeness (QED) is 0.337. The van der Waals surface area contributed by atoms with Gasteiger partial charge in [0.2, 0.25) is 5.91 Å². The maximum atomic E-state index is 12.8. The summed E-state index contributed by atoms with van der Waals surface area (Å²) in [5.41, 5.74) is 4.31. The van der Waals surface area contributed by atoms with Gasteiger partial charge in [-0.25, -0.2) is 4.98 Å². The number of para-hydroxylation sites is 2. The number of hydrogen-bond donors (Lipinski definition) is 0. The van der Waals surface area contributed by atoms with Crippen LogP contribution in [0.25, 0.3) is 17.1 Å². The molecule has 1 aliphatic rings. The predicted molar refractivity (Wildman–Crippen MR) is 146 cm³/mol. The zero-order valence-corrected chi connectivity index (χ0v) is 21.3. The van der Waals surface area contributed by atoms with Gasteiger partial charge in [-0.2, -0.15) is 0 Å². The molecule has 0 unspecified atom stereocenters. The first-order valence-electron chi connectivity index (χ1n) is 12.5. The molecule has 0 aliphatic carbocycles. The van der Waals surface area contributed by atoms with Crippen LogP contribution in [0.1, 0.15) is 17.0 Å². The van der Waals surface area contributed by atoms with Crippen LogP contribution >= 0.6 is 0 Å². The van der Waals surface area contributed by atoms with E-state index in [9.17, 15) is 4.79 Å². The molecule has 1 saturated heterocycles. The minimum Gasteiger partial charge on any atom is -0.493 e. The van der Waals surface area contributed by atoms with Gasteiger partial charge in [0.1, 0.15) is 5.82 Å². The maximum absolute atomic E-state index is 12.8. The Morgan fingerprint density at radius 1 is 0.865 bits per heavy atom. The lowest BCUT2D eigenvalue weighted by Crippen LogP contribution is -2.48. The first kappa shape index (κ1) is 24.6. The standard InChI is InChI=1S/C30H32N4O3/c1-36-27-14-12-23(20-28(27)37-2)13-15-30(35)33-18-16-32(17-19-33)22-29-31-25-10-6-7-11-26(25)34(29)21-24-8-4-3-5-9-24/h3-15,20H,16-19,21-22H2,1-2H3/b15-13-. The number of piperazine rings is 1. The van der Waals surface area contributed by atoms with E-state index in [4.69, 9.17) is 14.5 Å². The van der Waals surface area contributed by atoms with Gasteiger partial charge in [-0.15, -0.1) is 0 Å². The van der Waals surface area contributed by atoms with Crippen LogP contribution in [0.4, 0.5) is 0 Å². The van der Waals surface area contributed by atoms with Crippen molar-refractivity contribution >= 4 is 23.0 Å². The second-order valence-electron chi connectivity index (χ2n) is 9.14. The zero-order chi connectivity index (χ0) is 25.6. The van der Waals surface area contributed by atoms with Crippen LogP contribution in [0.2, 0.25) is 0 Å². The molecule has 4 aromatic rings. The van der Waals surface area contributed by atoms with Crippen molar-refractivity contribution in [2.45, 2.75) is 13.1 Å². The average molecular weight is 497 g/mol. The fourth-order valence-corrected chi connectivity index (χ4v) is 4.74. The van der Waals surface area contributed by atoms with Crippen LogP contribution in [0, 0.1) is 0 Å². The summed E-state index contributed by atoms with van der Waals surface area (Å²) in [5, 5.41) is 0. The molecule has 1 amide bonds. The highest BCUT2D eigenvalue weighted by Gasteiger charge is 2.22. The number of imidazole rings is 1. The first-order chi connectivity index (χ1) is 18.1. The Morgan fingerprint density at radius 3 is 2.35 bits per heavy atom. The molecule has 3 aromatic carbocycles. The van der Waals surface area contributed by atoms with Crippen molar-refractivity contribution in [3.05, 3.63) is 95.8 Å². The highest BCUT2D eigenvalue weighted by atomic mass is 16.5. The van der Waals surface area contributed by atoms with Gasteiger partial charge in [0.25, 0.3) is 0 Å². The average Bonchev–Trinajstić information content (AvgIpc) is 3.29. The van der Waals surface area contributed by atoms with E-state index in [1.807, 2.05) is 41.3 Å². The predicted octanol–water partition coefficient (Wildman–Crippen LogP) is 4.46. The molecular weight excluding hydrogens is 464 g/mol. The molecule has 0 bridgehead atoms. The van der Waals surface area contributed by atoms with Gasteiger partial charge in [0.15, 0.2) is 11.5 Å². The van der Waals surface area contributed by atoms with E-state index in [1.165, 1.54) is 5.56 Å². The van der Waals surface area contributed by atoms with Gasteiger partial charge in [0.05, 0.1) is 31.8 Å². The van der Waals surface area contributed by atoms with Gasteiger partial charge in [-0.1, -0.05) is 48.5 Å². The Kier molecular flexibility index (Phi) is 7.51. The summed E-state index contributed by atoms with van der Waals surface area (Å²) in [6.07, 6.45) is 3.46. The van der Waals surface area contributed by atoms with Crippen LogP contribution in [-0.4, -0.2) is 65.7 Å². The Hall–Kier alpha value is -4.10. The second-order valence-corrected chi connectivity index (χ2v) is 9.14. The number of fused-ring (bicyclic) bond motifs is 1. The maximum Gasteiger partial charge on any atom is 0.246 e. The van der Waals surface area contributed by atoms with E-state index in [-0.39, 0.29) is 5.91 Å². The number of aromatic nitrogens is 2. The van der Waals surface area contributed by atoms with Crippen molar-refractivity contribution < 1.29 is 14.3 Å². The molecule has 190 valence electrons. The monoisotopic (exact) mass is 496 g/mol. The normalized spacial score (nSPS) is 14.4. The lowest BCUT2D eigenvalue weighted by atomic mass is 10.2. The summed E-state index contributed by atoms with van der Waals surface area (Å²) in [6, 6.07) is 24.4. The molecule has 2 heterocycles. The van der Waals surface area contributed by atoms with Crippen LogP contribution < -0.4 is 9.47 Å². The summed E-state index contributed by atoms with van der Waals surface area (Å²) < 4.78 is 13.0. The highest BCUT2D eigenvalue weighted by molar-refractivity contribution is 5.92. The molecule has 0 atom stereocenters. The summed E-state index contributed by atoms with van der Waals surface area (Å²) in [5.74, 6) is 2.38. The molecule has 0 radical (unpaired) electrons. The molecule has 7 heteroatoms. The molecule has 0 saturated carbocycles. The Morgan fingerprint density at radius 2 is 1.59 bits per heavy atom. The molecule has 37 heavy (non-hydrogen) atoms. The lowest BCUT2D eigenvalue weighted by molar-refractivity contribution is -0.127. The van der Waals surface area contributed by atoms with Gasteiger partial charge in [0, 0.05) is 38.8 Å². The Labute approximate surface area is 217 Å². The number of ether oxygens (including phenoxy) is 2. The molecule has 0 spiro atoms. The Bertz CT molecular complexity index is 1390. The molecule has 0 N–H and O–H groups in total. The summed E-state index contributed by atoms with van der Waals surface area (Å²) in [6.45, 7) is 4.54. The summed E-state index contributed by atoms with van der Waals surface area (Å²) >= 11 is 0. The van der Waals surface area contributed by atoms with E-state index in [0.717, 1.165) is 48.6 Å². The van der Waals surface area contributed by atoms with E-state index in [1.54, 1.807) is 20.3 Å². The minimum atomic E-state index is 0.0192. The van der Waals surface area contributed by atoms with Crippen LogP contribution in [0.5, 0.6) is 11.5 Å². The van der Waals surface area contributed by atoms with Crippen LogP contribution in [-0.2, 0) is 17.9 Å². The topological polar surface area (TPSA) is 59.8 Å². The van der Waals surface area contributed by atoms with Crippen molar-refractivity contribution in [3.8, 4) is 11.5 Å². The number of methoxy groups -OCH3 is 2. The van der Waals surface area contributed by atoms with E-state index in [0.29, 0.717) is 24.6 Å².